The maximum Gasteiger partial charge on any atom is 0.259 e. The van der Waals surface area contributed by atoms with Gasteiger partial charge in [0.15, 0.2) is 0 Å². The monoisotopic (exact) mass is 433 g/mol. The van der Waals surface area contributed by atoms with Crippen LogP contribution in [-0.4, -0.2) is 59.3 Å². The SMILES string of the molecule is CN1CCC(c2ccc(Nc3nc(N4CCCC(O)C4)cc4cc[nH]c(=O)c34)cc2)CC1. The topological polar surface area (TPSA) is 84.5 Å². The van der Waals surface area contributed by atoms with E-state index in [0.29, 0.717) is 23.7 Å². The van der Waals surface area contributed by atoms with Crippen molar-refractivity contribution in [3.05, 3.63) is 58.5 Å². The molecule has 2 aromatic heterocycles. The Labute approximate surface area is 188 Å². The molecule has 1 aromatic carbocycles. The van der Waals surface area contributed by atoms with Gasteiger partial charge < -0.3 is 25.2 Å². The lowest BCUT2D eigenvalue weighted by atomic mass is 9.89. The second-order valence-corrected chi connectivity index (χ2v) is 9.17. The van der Waals surface area contributed by atoms with E-state index in [0.717, 1.165) is 49.4 Å². The van der Waals surface area contributed by atoms with Gasteiger partial charge in [-0.3, -0.25) is 4.79 Å². The zero-order valence-corrected chi connectivity index (χ0v) is 18.6. The Hall–Kier alpha value is -2.90. The van der Waals surface area contributed by atoms with Gasteiger partial charge in [0, 0.05) is 25.0 Å². The van der Waals surface area contributed by atoms with E-state index in [9.17, 15) is 9.90 Å². The van der Waals surface area contributed by atoms with Crippen LogP contribution in [0.2, 0.25) is 0 Å². The molecule has 1 atom stereocenters. The summed E-state index contributed by atoms with van der Waals surface area (Å²) in [5.74, 6) is 1.94. The summed E-state index contributed by atoms with van der Waals surface area (Å²) in [7, 11) is 2.18. The van der Waals surface area contributed by atoms with Gasteiger partial charge in [-0.05, 0) is 87.0 Å². The van der Waals surface area contributed by atoms with Crippen molar-refractivity contribution in [1.82, 2.24) is 14.9 Å². The highest BCUT2D eigenvalue weighted by molar-refractivity contribution is 5.94. The summed E-state index contributed by atoms with van der Waals surface area (Å²) in [5, 5.41) is 14.9. The fourth-order valence-corrected chi connectivity index (χ4v) is 4.93. The van der Waals surface area contributed by atoms with E-state index in [1.54, 1.807) is 6.20 Å². The molecule has 0 saturated carbocycles. The van der Waals surface area contributed by atoms with Gasteiger partial charge in [-0.15, -0.1) is 0 Å². The second-order valence-electron chi connectivity index (χ2n) is 9.17. The summed E-state index contributed by atoms with van der Waals surface area (Å²) >= 11 is 0. The van der Waals surface area contributed by atoms with Gasteiger partial charge in [-0.25, -0.2) is 4.98 Å². The van der Waals surface area contributed by atoms with Crippen molar-refractivity contribution in [2.75, 3.05) is 43.4 Å². The zero-order valence-electron chi connectivity index (χ0n) is 18.6. The number of hydrogen-bond acceptors (Lipinski definition) is 6. The van der Waals surface area contributed by atoms with Crippen LogP contribution in [0.3, 0.4) is 0 Å². The van der Waals surface area contributed by atoms with Crippen LogP contribution in [0.15, 0.2) is 47.4 Å². The number of H-pyrrole nitrogens is 1. The second kappa shape index (κ2) is 8.92. The standard InChI is InChI=1S/C25H31N5O2/c1-29-13-9-18(10-14-29)17-4-6-20(7-5-17)27-24-23-19(8-11-26-25(23)32)15-22(28-24)30-12-2-3-21(31)16-30/h4-8,11,15,18,21,31H,2-3,9-10,12-14,16H2,1H3,(H,26,32)(H,27,28). The summed E-state index contributed by atoms with van der Waals surface area (Å²) in [6.07, 6.45) is 5.45. The Bertz CT molecular complexity index is 1140. The molecular weight excluding hydrogens is 402 g/mol. The highest BCUT2D eigenvalue weighted by atomic mass is 16.3. The van der Waals surface area contributed by atoms with Crippen LogP contribution in [0.5, 0.6) is 0 Å². The lowest BCUT2D eigenvalue weighted by Gasteiger charge is -2.31. The molecule has 0 radical (unpaired) electrons. The number of piperidine rings is 2. The number of anilines is 3. The Kier molecular flexibility index (Phi) is 5.85. The number of hydrogen-bond donors (Lipinski definition) is 3. The molecule has 2 aliphatic rings. The fraction of sp³-hybridized carbons (Fsp3) is 0.440. The highest BCUT2D eigenvalue weighted by Gasteiger charge is 2.21. The number of pyridine rings is 2. The normalized spacial score (nSPS) is 20.6. The van der Waals surface area contributed by atoms with Crippen molar-refractivity contribution >= 4 is 28.1 Å². The maximum absolute atomic E-state index is 12.6. The van der Waals surface area contributed by atoms with Gasteiger partial charge in [0.2, 0.25) is 0 Å². The first-order chi connectivity index (χ1) is 15.6. The number of nitrogens with zero attached hydrogens (tertiary/aromatic N) is 3. The van der Waals surface area contributed by atoms with Crippen molar-refractivity contribution in [2.24, 2.45) is 0 Å². The third-order valence-corrected chi connectivity index (χ3v) is 6.82. The number of rotatable bonds is 4. The van der Waals surface area contributed by atoms with Crippen LogP contribution in [0, 0.1) is 0 Å². The molecule has 3 N–H and O–H groups in total. The molecule has 2 fully saturated rings. The Morgan fingerprint density at radius 2 is 1.88 bits per heavy atom. The van der Waals surface area contributed by atoms with E-state index in [-0.39, 0.29) is 11.7 Å². The number of β-amino-alcohol motifs (C(OH)–C–C–N with tert-alkyl or cyclic N) is 1. The van der Waals surface area contributed by atoms with E-state index in [2.05, 4.69) is 51.4 Å². The Balaban J connectivity index is 1.44. The minimum atomic E-state index is -0.344. The lowest BCUT2D eigenvalue weighted by molar-refractivity contribution is 0.154. The molecule has 2 saturated heterocycles. The van der Waals surface area contributed by atoms with Gasteiger partial charge in [-0.1, -0.05) is 12.1 Å². The van der Waals surface area contributed by atoms with Crippen LogP contribution < -0.4 is 15.8 Å². The third-order valence-electron chi connectivity index (χ3n) is 6.82. The van der Waals surface area contributed by atoms with Gasteiger partial charge in [-0.2, -0.15) is 0 Å². The molecule has 4 heterocycles. The molecule has 2 aliphatic heterocycles. The molecule has 0 amide bonds. The lowest BCUT2D eigenvalue weighted by Crippen LogP contribution is -2.38. The van der Waals surface area contributed by atoms with Gasteiger partial charge in [0.05, 0.1) is 11.5 Å². The average molecular weight is 434 g/mol. The molecule has 168 valence electrons. The first kappa shape index (κ1) is 21.0. The Morgan fingerprint density at radius 1 is 1.09 bits per heavy atom. The van der Waals surface area contributed by atoms with Gasteiger partial charge >= 0.3 is 0 Å². The molecule has 5 rings (SSSR count). The van der Waals surface area contributed by atoms with Crippen LogP contribution in [0.4, 0.5) is 17.3 Å². The van der Waals surface area contributed by atoms with E-state index in [1.807, 2.05) is 12.1 Å². The average Bonchev–Trinajstić information content (AvgIpc) is 2.80. The quantitative estimate of drug-likeness (QED) is 0.585. The molecule has 0 spiro atoms. The largest absolute Gasteiger partial charge is 0.391 e. The fourth-order valence-electron chi connectivity index (χ4n) is 4.93. The predicted octanol–water partition coefficient (Wildman–Crippen LogP) is 3.44. The number of aromatic nitrogens is 2. The van der Waals surface area contributed by atoms with Crippen LogP contribution >= 0.6 is 0 Å². The van der Waals surface area contributed by atoms with Gasteiger partial charge in [0.1, 0.15) is 11.6 Å². The molecule has 0 aliphatic carbocycles. The minimum Gasteiger partial charge on any atom is -0.391 e. The maximum atomic E-state index is 12.6. The third kappa shape index (κ3) is 4.36. The number of aliphatic hydroxyl groups is 1. The van der Waals surface area contributed by atoms with Crippen LogP contribution in [0.1, 0.15) is 37.2 Å². The molecule has 7 nitrogen and oxygen atoms in total. The number of benzene rings is 1. The zero-order chi connectivity index (χ0) is 22.1. The molecule has 0 bridgehead atoms. The van der Waals surface area contributed by atoms with Crippen molar-refractivity contribution in [3.8, 4) is 0 Å². The highest BCUT2D eigenvalue weighted by Crippen LogP contribution is 2.31. The summed E-state index contributed by atoms with van der Waals surface area (Å²) in [5.41, 5.74) is 2.12. The number of aromatic amines is 1. The number of likely N-dealkylation sites (tertiary alicyclic amines) is 1. The molecule has 7 heteroatoms. The first-order valence-corrected chi connectivity index (χ1v) is 11.6. The first-order valence-electron chi connectivity index (χ1n) is 11.6. The summed E-state index contributed by atoms with van der Waals surface area (Å²) in [6, 6.07) is 12.4. The molecule has 3 aromatic rings. The number of fused-ring (bicyclic) bond motifs is 1. The van der Waals surface area contributed by atoms with E-state index >= 15 is 0 Å². The van der Waals surface area contributed by atoms with Crippen molar-refractivity contribution in [2.45, 2.75) is 37.7 Å². The van der Waals surface area contributed by atoms with Gasteiger partial charge in [0.25, 0.3) is 5.56 Å². The number of nitrogens with one attached hydrogen (secondary N) is 2. The molecular formula is C25H31N5O2. The van der Waals surface area contributed by atoms with E-state index in [1.165, 1.54) is 18.4 Å². The summed E-state index contributed by atoms with van der Waals surface area (Å²) in [6.45, 7) is 3.69. The van der Waals surface area contributed by atoms with Crippen molar-refractivity contribution in [3.63, 3.8) is 0 Å². The smallest absolute Gasteiger partial charge is 0.259 e. The minimum absolute atomic E-state index is 0.161. The predicted molar refractivity (Wildman–Crippen MR) is 129 cm³/mol. The number of aliphatic hydroxyl groups excluding tert-OH is 1. The van der Waals surface area contributed by atoms with E-state index in [4.69, 9.17) is 4.98 Å². The summed E-state index contributed by atoms with van der Waals surface area (Å²) in [4.78, 5) is 24.7. The van der Waals surface area contributed by atoms with Crippen molar-refractivity contribution < 1.29 is 5.11 Å². The van der Waals surface area contributed by atoms with Crippen molar-refractivity contribution in [1.29, 1.82) is 0 Å². The van der Waals surface area contributed by atoms with Crippen LogP contribution in [-0.2, 0) is 0 Å². The van der Waals surface area contributed by atoms with Crippen LogP contribution in [0.25, 0.3) is 10.8 Å². The van der Waals surface area contributed by atoms with E-state index < -0.39 is 0 Å². The molecule has 1 unspecified atom stereocenters. The molecule has 32 heavy (non-hydrogen) atoms. The Morgan fingerprint density at radius 3 is 2.62 bits per heavy atom. The summed E-state index contributed by atoms with van der Waals surface area (Å²) < 4.78 is 0.